The second-order valence-electron chi connectivity index (χ2n) is 4.86. The molecule has 0 saturated carbocycles. The zero-order chi connectivity index (χ0) is 13.1. The highest BCUT2D eigenvalue weighted by atomic mass is 16.2. The molecule has 1 aromatic rings. The van der Waals surface area contributed by atoms with E-state index in [9.17, 15) is 4.79 Å². The molecule has 5 heteroatoms. The molecular weight excluding hydrogens is 228 g/mol. The monoisotopic (exact) mass is 248 g/mol. The van der Waals surface area contributed by atoms with Crippen LogP contribution < -0.4 is 5.73 Å². The van der Waals surface area contributed by atoms with Crippen molar-refractivity contribution >= 4 is 11.7 Å². The van der Waals surface area contributed by atoms with Crippen molar-refractivity contribution in [2.45, 2.75) is 19.9 Å². The van der Waals surface area contributed by atoms with E-state index in [4.69, 9.17) is 5.73 Å². The molecule has 2 N–H and O–H groups in total. The molecule has 1 amide bonds. The van der Waals surface area contributed by atoms with E-state index in [1.54, 1.807) is 18.3 Å². The summed E-state index contributed by atoms with van der Waals surface area (Å²) in [5.74, 6) is 0.304. The Morgan fingerprint density at radius 3 is 2.56 bits per heavy atom. The molecule has 0 bridgehead atoms. The number of hydrogen-bond donors (Lipinski definition) is 1. The van der Waals surface area contributed by atoms with Crippen LogP contribution in [0.3, 0.4) is 0 Å². The highest BCUT2D eigenvalue weighted by Crippen LogP contribution is 2.13. The summed E-state index contributed by atoms with van der Waals surface area (Å²) >= 11 is 0. The van der Waals surface area contributed by atoms with Crippen molar-refractivity contribution in [1.29, 1.82) is 0 Å². The molecule has 0 unspecified atom stereocenters. The Morgan fingerprint density at radius 2 is 2.00 bits per heavy atom. The molecule has 0 aliphatic carbocycles. The fraction of sp³-hybridized carbons (Fsp3) is 0.538. The lowest BCUT2D eigenvalue weighted by molar-refractivity contribution is 0.0596. The molecule has 5 nitrogen and oxygen atoms in total. The summed E-state index contributed by atoms with van der Waals surface area (Å²) in [6, 6.07) is 4.01. The summed E-state index contributed by atoms with van der Waals surface area (Å²) in [4.78, 5) is 20.5. The molecule has 2 rings (SSSR count). The van der Waals surface area contributed by atoms with E-state index in [1.165, 1.54) is 0 Å². The van der Waals surface area contributed by atoms with Gasteiger partial charge in [0.25, 0.3) is 5.91 Å². The number of hydrogen-bond acceptors (Lipinski definition) is 4. The normalized spacial score (nSPS) is 17.2. The number of anilines is 1. The largest absolute Gasteiger partial charge is 0.383 e. The molecule has 1 aromatic heterocycles. The number of nitrogen functional groups attached to an aromatic ring is 1. The van der Waals surface area contributed by atoms with Gasteiger partial charge in [-0.3, -0.25) is 9.69 Å². The van der Waals surface area contributed by atoms with Crippen LogP contribution in [-0.2, 0) is 0 Å². The van der Waals surface area contributed by atoms with Crippen molar-refractivity contribution in [1.82, 2.24) is 14.8 Å². The van der Waals surface area contributed by atoms with Crippen molar-refractivity contribution in [3.8, 4) is 0 Å². The summed E-state index contributed by atoms with van der Waals surface area (Å²) in [6.07, 6.45) is 1.60. The third-order valence-electron chi connectivity index (χ3n) is 3.40. The quantitative estimate of drug-likeness (QED) is 0.842. The highest BCUT2D eigenvalue weighted by Gasteiger charge is 2.24. The number of nitrogens with zero attached hydrogens (tertiary/aromatic N) is 3. The first kappa shape index (κ1) is 12.8. The summed E-state index contributed by atoms with van der Waals surface area (Å²) < 4.78 is 0. The van der Waals surface area contributed by atoms with Gasteiger partial charge in [-0.05, 0) is 26.0 Å². The predicted octanol–water partition coefficient (Wildman–Crippen LogP) is 0.830. The van der Waals surface area contributed by atoms with Gasteiger partial charge in [-0.25, -0.2) is 4.98 Å². The molecule has 1 fully saturated rings. The Balaban J connectivity index is 2.02. The van der Waals surface area contributed by atoms with Gasteiger partial charge in [0.2, 0.25) is 0 Å². The smallest absolute Gasteiger partial charge is 0.257 e. The summed E-state index contributed by atoms with van der Waals surface area (Å²) in [7, 11) is 0. The lowest BCUT2D eigenvalue weighted by Crippen LogP contribution is -2.50. The molecule has 1 saturated heterocycles. The second kappa shape index (κ2) is 5.35. The average Bonchev–Trinajstić information content (AvgIpc) is 2.38. The first-order chi connectivity index (χ1) is 8.59. The van der Waals surface area contributed by atoms with Gasteiger partial charge < -0.3 is 10.6 Å². The van der Waals surface area contributed by atoms with Crippen molar-refractivity contribution in [2.24, 2.45) is 0 Å². The van der Waals surface area contributed by atoms with E-state index < -0.39 is 0 Å². The summed E-state index contributed by atoms with van der Waals surface area (Å²) in [6.45, 7) is 7.71. The Hall–Kier alpha value is -1.62. The number of nitrogens with two attached hydrogens (primary N) is 1. The van der Waals surface area contributed by atoms with E-state index in [1.807, 2.05) is 4.90 Å². The fourth-order valence-electron chi connectivity index (χ4n) is 2.21. The standard InChI is InChI=1S/C13H20N4O/c1-10(2)16-6-8-17(9-7-16)13(18)11-4-3-5-15-12(11)14/h3-5,10H,6-9H2,1-2H3,(H2,14,15). The molecular formula is C13H20N4O. The van der Waals surface area contributed by atoms with Crippen LogP contribution in [0.5, 0.6) is 0 Å². The number of pyridine rings is 1. The predicted molar refractivity (Wildman–Crippen MR) is 71.3 cm³/mol. The third kappa shape index (κ3) is 2.61. The first-order valence-electron chi connectivity index (χ1n) is 6.33. The molecule has 0 spiro atoms. The Labute approximate surface area is 108 Å². The van der Waals surface area contributed by atoms with Gasteiger partial charge in [0.15, 0.2) is 0 Å². The van der Waals surface area contributed by atoms with Crippen LogP contribution in [0.4, 0.5) is 5.82 Å². The topological polar surface area (TPSA) is 62.5 Å². The van der Waals surface area contributed by atoms with Gasteiger partial charge in [0, 0.05) is 38.4 Å². The Morgan fingerprint density at radius 1 is 1.33 bits per heavy atom. The van der Waals surface area contributed by atoms with Crippen LogP contribution in [0, 0.1) is 0 Å². The van der Waals surface area contributed by atoms with E-state index >= 15 is 0 Å². The molecule has 1 aliphatic rings. The molecule has 18 heavy (non-hydrogen) atoms. The molecule has 1 aliphatic heterocycles. The highest BCUT2D eigenvalue weighted by molar-refractivity contribution is 5.98. The molecule has 0 atom stereocenters. The minimum atomic E-state index is -0.0102. The van der Waals surface area contributed by atoms with Crippen molar-refractivity contribution < 1.29 is 4.79 Å². The maximum atomic E-state index is 12.3. The maximum Gasteiger partial charge on any atom is 0.257 e. The van der Waals surface area contributed by atoms with Gasteiger partial charge in [-0.15, -0.1) is 0 Å². The fourth-order valence-corrected chi connectivity index (χ4v) is 2.21. The van der Waals surface area contributed by atoms with E-state index in [0.717, 1.165) is 26.2 Å². The Bertz CT molecular complexity index is 425. The minimum absolute atomic E-state index is 0.0102. The number of carbonyl (C=O) groups is 1. The van der Waals surface area contributed by atoms with Crippen LogP contribution in [0.15, 0.2) is 18.3 Å². The lowest BCUT2D eigenvalue weighted by atomic mass is 10.2. The van der Waals surface area contributed by atoms with Gasteiger partial charge in [0.05, 0.1) is 5.56 Å². The summed E-state index contributed by atoms with van der Waals surface area (Å²) in [5, 5.41) is 0. The van der Waals surface area contributed by atoms with Crippen LogP contribution >= 0.6 is 0 Å². The average molecular weight is 248 g/mol. The van der Waals surface area contributed by atoms with Gasteiger partial charge >= 0.3 is 0 Å². The van der Waals surface area contributed by atoms with Gasteiger partial charge in [0.1, 0.15) is 5.82 Å². The minimum Gasteiger partial charge on any atom is -0.383 e. The number of carbonyl (C=O) groups excluding carboxylic acids is 1. The maximum absolute atomic E-state index is 12.3. The SMILES string of the molecule is CC(C)N1CCN(C(=O)c2cccnc2N)CC1. The van der Waals surface area contributed by atoms with E-state index in [2.05, 4.69) is 23.7 Å². The van der Waals surface area contributed by atoms with Crippen LogP contribution in [0.1, 0.15) is 24.2 Å². The number of rotatable bonds is 2. The number of aromatic nitrogens is 1. The van der Waals surface area contributed by atoms with Gasteiger partial charge in [-0.1, -0.05) is 0 Å². The number of amides is 1. The van der Waals surface area contributed by atoms with Crippen molar-refractivity contribution in [2.75, 3.05) is 31.9 Å². The first-order valence-corrected chi connectivity index (χ1v) is 6.33. The third-order valence-corrected chi connectivity index (χ3v) is 3.40. The van der Waals surface area contributed by atoms with Crippen LogP contribution in [0.25, 0.3) is 0 Å². The molecule has 98 valence electrons. The number of piperazine rings is 1. The van der Waals surface area contributed by atoms with E-state index in [0.29, 0.717) is 17.4 Å². The van der Waals surface area contributed by atoms with Crippen LogP contribution in [0.2, 0.25) is 0 Å². The van der Waals surface area contributed by atoms with Crippen molar-refractivity contribution in [3.05, 3.63) is 23.9 Å². The summed E-state index contributed by atoms with van der Waals surface area (Å²) in [5.41, 5.74) is 6.24. The van der Waals surface area contributed by atoms with Crippen molar-refractivity contribution in [3.63, 3.8) is 0 Å². The second-order valence-corrected chi connectivity index (χ2v) is 4.86. The van der Waals surface area contributed by atoms with E-state index in [-0.39, 0.29) is 5.91 Å². The molecule has 2 heterocycles. The van der Waals surface area contributed by atoms with Crippen LogP contribution in [-0.4, -0.2) is 52.9 Å². The van der Waals surface area contributed by atoms with Gasteiger partial charge in [-0.2, -0.15) is 0 Å². The molecule has 0 aromatic carbocycles. The zero-order valence-electron chi connectivity index (χ0n) is 11.0. The zero-order valence-corrected chi connectivity index (χ0v) is 11.0. The Kier molecular flexibility index (Phi) is 3.81. The molecule has 0 radical (unpaired) electrons. The lowest BCUT2D eigenvalue weighted by Gasteiger charge is -2.37.